The molecule has 0 N–H and O–H groups in total. The first-order valence-corrected chi connectivity index (χ1v) is 18.9. The summed E-state index contributed by atoms with van der Waals surface area (Å²) >= 11 is 0. The third-order valence-corrected chi connectivity index (χ3v) is 9.73. The molecule has 0 aromatic carbocycles. The molecule has 1 fully saturated rings. The van der Waals surface area contributed by atoms with Gasteiger partial charge in [0.1, 0.15) is 5.91 Å². The maximum absolute atomic E-state index is 11.7. The van der Waals surface area contributed by atoms with E-state index >= 15 is 0 Å². The summed E-state index contributed by atoms with van der Waals surface area (Å²) in [6.07, 6.45) is 2.29. The fourth-order valence-electron chi connectivity index (χ4n) is 2.51. The Bertz CT molecular complexity index is 440. The second-order valence-electron chi connectivity index (χ2n) is 8.20. The molecule has 138 valence electrons. The lowest BCUT2D eigenvalue weighted by Gasteiger charge is -2.31. The van der Waals surface area contributed by atoms with Crippen LogP contribution in [0.4, 0.5) is 0 Å². The first kappa shape index (κ1) is 21.5. The van der Waals surface area contributed by atoms with E-state index in [2.05, 4.69) is 39.3 Å². The van der Waals surface area contributed by atoms with Crippen LogP contribution in [0.5, 0.6) is 0 Å². The summed E-state index contributed by atoms with van der Waals surface area (Å²) in [4.78, 5) is 0. The van der Waals surface area contributed by atoms with Gasteiger partial charge in [-0.3, -0.25) is 0 Å². The Morgan fingerprint density at radius 2 is 1.65 bits per heavy atom. The quantitative estimate of drug-likeness (QED) is 0.321. The Morgan fingerprint density at radius 1 is 1.09 bits per heavy atom. The van der Waals surface area contributed by atoms with Crippen LogP contribution in [0.25, 0.3) is 0 Å². The van der Waals surface area contributed by atoms with Gasteiger partial charge < -0.3 is 13.6 Å². The Kier molecular flexibility index (Phi) is 8.16. The maximum atomic E-state index is 11.7. The average molecular weight is 399 g/mol. The topological polar surface area (TPSA) is 61.8 Å². The Balaban J connectivity index is 2.31. The van der Waals surface area contributed by atoms with Crippen LogP contribution in [0, 0.1) is 0 Å². The first-order valence-electron chi connectivity index (χ1n) is 8.58. The van der Waals surface area contributed by atoms with Gasteiger partial charge in [-0.05, 0) is 58.5 Å². The lowest BCUT2D eigenvalue weighted by molar-refractivity contribution is 0.0598. The highest BCUT2D eigenvalue weighted by molar-refractivity contribution is 7.92. The first-order chi connectivity index (χ1) is 10.4. The standard InChI is InChI=1S/C14H34O5SSi3/c1-22(2,3)18-14(19-23(4,5)6)21-12-8-10-17-13-9-7-11-20(13,15)16/h13-14H,7-12,21H2,1-6H3. The van der Waals surface area contributed by atoms with Crippen molar-refractivity contribution in [3.63, 3.8) is 0 Å². The fraction of sp³-hybridized carbons (Fsp3) is 1.00. The van der Waals surface area contributed by atoms with Crippen LogP contribution in [0.1, 0.15) is 19.3 Å². The molecule has 0 radical (unpaired) electrons. The zero-order chi connectivity index (χ0) is 17.7. The SMILES string of the molecule is C[Si](C)(C)OC(O[Si](C)(C)C)[SiH2]CCCOC1CCCS1(=O)=O. The zero-order valence-corrected chi connectivity index (χ0v) is 19.8. The van der Waals surface area contributed by atoms with E-state index in [1.807, 2.05) is 0 Å². The second kappa shape index (κ2) is 8.72. The fourth-order valence-corrected chi connectivity index (χ4v) is 10.7. The van der Waals surface area contributed by atoms with E-state index in [0.29, 0.717) is 13.0 Å². The highest BCUT2D eigenvalue weighted by atomic mass is 32.2. The zero-order valence-electron chi connectivity index (χ0n) is 15.6. The molecule has 0 spiro atoms. The highest BCUT2D eigenvalue weighted by Crippen LogP contribution is 2.21. The van der Waals surface area contributed by atoms with Crippen molar-refractivity contribution in [3.05, 3.63) is 0 Å². The van der Waals surface area contributed by atoms with Gasteiger partial charge in [0.25, 0.3) is 0 Å². The molecular formula is C14H34O5SSi3. The van der Waals surface area contributed by atoms with Gasteiger partial charge in [-0.2, -0.15) is 0 Å². The number of hydrogen-bond donors (Lipinski definition) is 0. The van der Waals surface area contributed by atoms with Gasteiger partial charge in [0.2, 0.25) is 0 Å². The summed E-state index contributed by atoms with van der Waals surface area (Å²) in [6.45, 7) is 13.7. The van der Waals surface area contributed by atoms with Crippen LogP contribution in [0.15, 0.2) is 0 Å². The monoisotopic (exact) mass is 398 g/mol. The number of ether oxygens (including phenoxy) is 1. The minimum Gasteiger partial charge on any atom is -0.398 e. The minimum absolute atomic E-state index is 0.00328. The third kappa shape index (κ3) is 9.52. The van der Waals surface area contributed by atoms with Gasteiger partial charge >= 0.3 is 0 Å². The number of rotatable bonds is 10. The van der Waals surface area contributed by atoms with Gasteiger partial charge in [-0.1, -0.05) is 6.04 Å². The molecule has 0 saturated carbocycles. The Labute approximate surface area is 146 Å². The molecule has 0 aliphatic carbocycles. The lowest BCUT2D eigenvalue weighted by Crippen LogP contribution is -2.43. The Morgan fingerprint density at radius 3 is 2.09 bits per heavy atom. The van der Waals surface area contributed by atoms with Crippen molar-refractivity contribution < 1.29 is 22.0 Å². The molecule has 23 heavy (non-hydrogen) atoms. The molecule has 1 unspecified atom stereocenters. The molecule has 0 aromatic rings. The summed E-state index contributed by atoms with van der Waals surface area (Å²) in [6, 6.07) is 1.06. The predicted octanol–water partition coefficient (Wildman–Crippen LogP) is 2.50. The van der Waals surface area contributed by atoms with Gasteiger partial charge in [-0.15, -0.1) is 0 Å². The molecule has 9 heteroatoms. The molecule has 0 bridgehead atoms. The molecule has 1 atom stereocenters. The smallest absolute Gasteiger partial charge is 0.186 e. The van der Waals surface area contributed by atoms with E-state index in [1.54, 1.807) is 0 Å². The molecule has 0 amide bonds. The van der Waals surface area contributed by atoms with Crippen LogP contribution in [0.2, 0.25) is 45.3 Å². The van der Waals surface area contributed by atoms with Gasteiger partial charge in [0.05, 0.1) is 15.3 Å². The van der Waals surface area contributed by atoms with Gasteiger partial charge in [0.15, 0.2) is 31.9 Å². The van der Waals surface area contributed by atoms with Crippen LogP contribution >= 0.6 is 0 Å². The number of sulfone groups is 1. The molecule has 1 rings (SSSR count). The van der Waals surface area contributed by atoms with Crippen molar-refractivity contribution in [2.75, 3.05) is 12.4 Å². The Hall–Kier alpha value is 0.481. The summed E-state index contributed by atoms with van der Waals surface area (Å²) in [5.41, 5.74) is -0.559. The van der Waals surface area contributed by atoms with Crippen LogP contribution in [0.3, 0.4) is 0 Å². The summed E-state index contributed by atoms with van der Waals surface area (Å²) in [7, 11) is -6.71. The van der Waals surface area contributed by atoms with Crippen molar-refractivity contribution in [3.8, 4) is 0 Å². The van der Waals surface area contributed by atoms with Crippen LogP contribution in [-0.2, 0) is 23.4 Å². The largest absolute Gasteiger partial charge is 0.398 e. The van der Waals surface area contributed by atoms with Gasteiger partial charge in [0, 0.05) is 6.61 Å². The molecular weight excluding hydrogens is 364 g/mol. The molecule has 5 nitrogen and oxygen atoms in total. The van der Waals surface area contributed by atoms with Crippen LogP contribution in [-0.4, -0.2) is 58.3 Å². The lowest BCUT2D eigenvalue weighted by atomic mass is 10.4. The molecule has 1 aliphatic heterocycles. The van der Waals surface area contributed by atoms with E-state index < -0.39 is 41.4 Å². The van der Waals surface area contributed by atoms with Gasteiger partial charge in [-0.25, -0.2) is 8.42 Å². The van der Waals surface area contributed by atoms with E-state index in [1.165, 1.54) is 0 Å². The average Bonchev–Trinajstić information content (AvgIpc) is 2.64. The highest BCUT2D eigenvalue weighted by Gasteiger charge is 2.32. The second-order valence-corrected chi connectivity index (χ2v) is 21.3. The molecule has 0 aromatic heterocycles. The van der Waals surface area contributed by atoms with Crippen LogP contribution < -0.4 is 0 Å². The molecule has 1 heterocycles. The van der Waals surface area contributed by atoms with Crippen molar-refractivity contribution in [1.82, 2.24) is 0 Å². The summed E-state index contributed by atoms with van der Waals surface area (Å²) in [5, 5.41) is 0. The molecule has 1 saturated heterocycles. The van der Waals surface area contributed by atoms with Crippen molar-refractivity contribution >= 4 is 36.0 Å². The van der Waals surface area contributed by atoms with E-state index in [9.17, 15) is 8.42 Å². The van der Waals surface area contributed by atoms with Crippen molar-refractivity contribution in [1.29, 1.82) is 0 Å². The normalized spacial score (nSPS) is 22.5. The minimum atomic E-state index is -2.99. The van der Waals surface area contributed by atoms with E-state index in [-0.39, 0.29) is 11.7 Å². The third-order valence-electron chi connectivity index (χ3n) is 3.38. The predicted molar refractivity (Wildman–Crippen MR) is 103 cm³/mol. The van der Waals surface area contributed by atoms with Crippen molar-refractivity contribution in [2.45, 2.75) is 75.9 Å². The summed E-state index contributed by atoms with van der Waals surface area (Å²) in [5.74, 6) is 0.284. The van der Waals surface area contributed by atoms with E-state index in [4.69, 9.17) is 13.6 Å². The van der Waals surface area contributed by atoms with Crippen molar-refractivity contribution in [2.24, 2.45) is 0 Å². The molecule has 1 aliphatic rings. The van der Waals surface area contributed by atoms with E-state index in [0.717, 1.165) is 18.9 Å². The number of hydrogen-bond acceptors (Lipinski definition) is 5. The maximum Gasteiger partial charge on any atom is 0.186 e. The summed E-state index contributed by atoms with van der Waals surface area (Å²) < 4.78 is 41.4.